The number of hydrogen-bond acceptors (Lipinski definition) is 8. The maximum Gasteiger partial charge on any atom is 0.0802 e. The second kappa shape index (κ2) is 20.6. The van der Waals surface area contributed by atoms with Crippen LogP contribution in [0.4, 0.5) is 0 Å². The molecule has 2 rings (SSSR count). The normalized spacial score (nSPS) is 21.8. The number of hydrogen-bond donors (Lipinski definition) is 4. The van der Waals surface area contributed by atoms with Gasteiger partial charge in [0.15, 0.2) is 0 Å². The van der Waals surface area contributed by atoms with Crippen LogP contribution in [0.3, 0.4) is 0 Å². The van der Waals surface area contributed by atoms with Crippen LogP contribution < -0.4 is 0 Å². The molecule has 0 bridgehead atoms. The first-order valence-electron chi connectivity index (χ1n) is 10.2. The summed E-state index contributed by atoms with van der Waals surface area (Å²) < 4.78 is 0. The summed E-state index contributed by atoms with van der Waals surface area (Å²) in [5.41, 5.74) is 0. The fraction of sp³-hybridized carbons (Fsp3) is 1.00. The topological polar surface area (TPSA) is 93.9 Å². The Bertz CT molecular complexity index is 378. The summed E-state index contributed by atoms with van der Waals surface area (Å²) in [5.74, 6) is 1.06. The van der Waals surface area contributed by atoms with Gasteiger partial charge in [-0.15, -0.1) is 71.2 Å². The molecular formula is C18H38Cl6N4O4. The van der Waals surface area contributed by atoms with Gasteiger partial charge in [0.1, 0.15) is 0 Å². The van der Waals surface area contributed by atoms with Crippen molar-refractivity contribution in [3.05, 3.63) is 0 Å². The number of β-amino-alcohol motifs (C(OH)–C–C–N with tert-alkyl or cyclic N) is 4. The second-order valence-corrected chi connectivity index (χ2v) is 9.06. The van der Waals surface area contributed by atoms with Crippen LogP contribution in [0.5, 0.6) is 0 Å². The second-order valence-electron chi connectivity index (χ2n) is 7.82. The summed E-state index contributed by atoms with van der Waals surface area (Å²) >= 11 is 22.1. The quantitative estimate of drug-likeness (QED) is 0.244. The van der Waals surface area contributed by atoms with Crippen molar-refractivity contribution in [1.82, 2.24) is 19.6 Å². The number of nitrogens with zero attached hydrogens (tertiary/aromatic N) is 4. The molecule has 0 aromatic heterocycles. The van der Waals surface area contributed by atoms with Gasteiger partial charge in [-0.25, -0.2) is 0 Å². The first-order valence-corrected chi connectivity index (χ1v) is 12.3. The lowest BCUT2D eigenvalue weighted by molar-refractivity contribution is 0.109. The Kier molecular flexibility index (Phi) is 22.9. The van der Waals surface area contributed by atoms with Crippen molar-refractivity contribution >= 4 is 71.2 Å². The molecule has 4 N–H and O–H groups in total. The molecule has 2 fully saturated rings. The van der Waals surface area contributed by atoms with Crippen molar-refractivity contribution < 1.29 is 20.4 Å². The van der Waals surface area contributed by atoms with E-state index >= 15 is 0 Å². The molecule has 196 valence electrons. The van der Waals surface area contributed by atoms with Gasteiger partial charge in [-0.1, -0.05) is 0 Å². The molecule has 0 saturated carbocycles. The predicted octanol–water partition coefficient (Wildman–Crippen LogP) is 0.365. The van der Waals surface area contributed by atoms with Crippen LogP contribution in [0.15, 0.2) is 0 Å². The van der Waals surface area contributed by atoms with Crippen molar-refractivity contribution in [1.29, 1.82) is 0 Å². The molecule has 14 heteroatoms. The molecule has 0 aromatic rings. The molecule has 0 amide bonds. The monoisotopic (exact) mass is 584 g/mol. The summed E-state index contributed by atoms with van der Waals surface area (Å²) in [6.45, 7) is 7.53. The fourth-order valence-electron chi connectivity index (χ4n) is 3.40. The number of aliphatic hydroxyl groups is 4. The van der Waals surface area contributed by atoms with Gasteiger partial charge in [0.2, 0.25) is 0 Å². The molecule has 2 heterocycles. The van der Waals surface area contributed by atoms with Crippen LogP contribution in [-0.2, 0) is 0 Å². The predicted molar refractivity (Wildman–Crippen MR) is 137 cm³/mol. The molecule has 0 spiro atoms. The van der Waals surface area contributed by atoms with Crippen molar-refractivity contribution in [2.24, 2.45) is 0 Å². The lowest BCUT2D eigenvalue weighted by atomic mass is 10.4. The zero-order valence-electron chi connectivity index (χ0n) is 18.1. The van der Waals surface area contributed by atoms with E-state index in [4.69, 9.17) is 46.4 Å². The zero-order chi connectivity index (χ0) is 22.5. The minimum Gasteiger partial charge on any atom is -0.391 e. The Morgan fingerprint density at radius 1 is 0.469 bits per heavy atom. The molecular weight excluding hydrogens is 549 g/mol. The molecule has 8 nitrogen and oxygen atoms in total. The van der Waals surface area contributed by atoms with Gasteiger partial charge in [-0.2, -0.15) is 0 Å². The van der Waals surface area contributed by atoms with Crippen molar-refractivity contribution in [2.75, 3.05) is 89.2 Å². The van der Waals surface area contributed by atoms with Crippen molar-refractivity contribution in [3.8, 4) is 0 Å². The SMILES string of the molecule is Cl.Cl.OC(CCl)CN1CCN(CC(O)CCl)C1.OC(CCl)CN1CCN(CC(O)CCl)C1. The third kappa shape index (κ3) is 15.4. The van der Waals surface area contributed by atoms with Gasteiger partial charge in [0.05, 0.1) is 37.8 Å². The third-order valence-electron chi connectivity index (χ3n) is 4.85. The molecule has 32 heavy (non-hydrogen) atoms. The maximum absolute atomic E-state index is 9.37. The molecule has 2 aliphatic rings. The van der Waals surface area contributed by atoms with Gasteiger partial charge < -0.3 is 20.4 Å². The third-order valence-corrected chi connectivity index (χ3v) is 6.28. The number of halogens is 6. The molecule has 0 aliphatic carbocycles. The average molecular weight is 587 g/mol. The van der Waals surface area contributed by atoms with Crippen LogP contribution in [0.1, 0.15) is 0 Å². The van der Waals surface area contributed by atoms with E-state index in [0.717, 1.165) is 39.5 Å². The van der Waals surface area contributed by atoms with Crippen molar-refractivity contribution in [2.45, 2.75) is 24.4 Å². The van der Waals surface area contributed by atoms with E-state index in [1.54, 1.807) is 0 Å². The molecule has 4 unspecified atom stereocenters. The summed E-state index contributed by atoms with van der Waals surface area (Å²) in [7, 11) is 0. The van der Waals surface area contributed by atoms with Crippen LogP contribution in [0, 0.1) is 0 Å². The molecule has 0 aromatic carbocycles. The largest absolute Gasteiger partial charge is 0.391 e. The molecule has 2 saturated heterocycles. The average Bonchev–Trinajstić information content (AvgIpc) is 3.37. The lowest BCUT2D eigenvalue weighted by Crippen LogP contribution is -2.36. The lowest BCUT2D eigenvalue weighted by Gasteiger charge is -2.21. The van der Waals surface area contributed by atoms with E-state index < -0.39 is 24.4 Å². The van der Waals surface area contributed by atoms with E-state index in [2.05, 4.69) is 19.6 Å². The highest BCUT2D eigenvalue weighted by Crippen LogP contribution is 2.08. The summed E-state index contributed by atoms with van der Waals surface area (Å²) in [6.07, 6.45) is -1.87. The van der Waals surface area contributed by atoms with Crippen LogP contribution in [0.25, 0.3) is 0 Å². The minimum absolute atomic E-state index is 0. The highest BCUT2D eigenvalue weighted by molar-refractivity contribution is 6.18. The fourth-order valence-corrected chi connectivity index (χ4v) is 3.79. The molecule has 2 aliphatic heterocycles. The number of aliphatic hydroxyl groups excluding tert-OH is 4. The van der Waals surface area contributed by atoms with E-state index in [1.165, 1.54) is 0 Å². The first-order chi connectivity index (χ1) is 14.3. The first kappa shape index (κ1) is 35.6. The van der Waals surface area contributed by atoms with E-state index in [1.807, 2.05) is 0 Å². The summed E-state index contributed by atoms with van der Waals surface area (Å²) in [5, 5.41) is 37.5. The van der Waals surface area contributed by atoms with Gasteiger partial charge in [-0.3, -0.25) is 19.6 Å². The Morgan fingerprint density at radius 3 is 0.812 bits per heavy atom. The highest BCUT2D eigenvalue weighted by atomic mass is 35.5. The van der Waals surface area contributed by atoms with E-state index in [9.17, 15) is 20.4 Å². The maximum atomic E-state index is 9.37. The van der Waals surface area contributed by atoms with E-state index in [0.29, 0.717) is 26.2 Å². The highest BCUT2D eigenvalue weighted by Gasteiger charge is 2.24. The smallest absolute Gasteiger partial charge is 0.0802 e. The van der Waals surface area contributed by atoms with Gasteiger partial charge in [0.25, 0.3) is 0 Å². The zero-order valence-corrected chi connectivity index (χ0v) is 22.8. The van der Waals surface area contributed by atoms with Gasteiger partial charge in [-0.05, 0) is 0 Å². The Labute approximate surface area is 224 Å². The Balaban J connectivity index is 0. The summed E-state index contributed by atoms with van der Waals surface area (Å²) in [6, 6.07) is 0. The van der Waals surface area contributed by atoms with E-state index in [-0.39, 0.29) is 48.3 Å². The molecule has 4 atom stereocenters. The van der Waals surface area contributed by atoms with Gasteiger partial charge >= 0.3 is 0 Å². The van der Waals surface area contributed by atoms with Crippen LogP contribution in [-0.4, -0.2) is 154 Å². The minimum atomic E-state index is -0.468. The van der Waals surface area contributed by atoms with Crippen molar-refractivity contribution in [3.63, 3.8) is 0 Å². The van der Waals surface area contributed by atoms with Crippen LogP contribution >= 0.6 is 71.2 Å². The summed E-state index contributed by atoms with van der Waals surface area (Å²) in [4.78, 5) is 8.48. The van der Waals surface area contributed by atoms with Crippen LogP contribution in [0.2, 0.25) is 0 Å². The molecule has 0 radical (unpaired) electrons. The number of alkyl halides is 4. The van der Waals surface area contributed by atoms with Gasteiger partial charge in [0, 0.05) is 75.9 Å². The standard InChI is InChI=1S/2C9H18Cl2N2O2.2ClH/c2*10-3-8(14)5-12-1-2-13(7-12)6-9(15)4-11;;/h2*8-9,14-15H,1-7H2;2*1H. The Hall–Kier alpha value is 1.42. The Morgan fingerprint density at radius 2 is 0.656 bits per heavy atom. The number of rotatable bonds is 12.